The molecule has 0 saturated carbocycles. The lowest BCUT2D eigenvalue weighted by Crippen LogP contribution is -2.00. The van der Waals surface area contributed by atoms with Gasteiger partial charge in [-0.1, -0.05) is 35.5 Å². The van der Waals surface area contributed by atoms with Gasteiger partial charge in [-0.25, -0.2) is 4.79 Å². The molecule has 4 aromatic rings. The molecule has 0 unspecified atom stereocenters. The number of thioether (sulfide) groups is 1. The number of hydrogen-bond acceptors (Lipinski definition) is 8. The zero-order chi connectivity index (χ0) is 19.7. The molecule has 9 heteroatoms. The van der Waals surface area contributed by atoms with Gasteiger partial charge in [0, 0.05) is 23.3 Å². The van der Waals surface area contributed by atoms with Crippen LogP contribution >= 0.6 is 23.4 Å². The van der Waals surface area contributed by atoms with E-state index < -0.39 is 5.63 Å². The van der Waals surface area contributed by atoms with E-state index >= 15 is 0 Å². The van der Waals surface area contributed by atoms with E-state index in [0.717, 1.165) is 0 Å². The minimum atomic E-state index is -0.523. The summed E-state index contributed by atoms with van der Waals surface area (Å²) in [6, 6.07) is 11.6. The number of para-hydroxylation sites is 1. The molecule has 0 saturated heterocycles. The van der Waals surface area contributed by atoms with Crippen molar-refractivity contribution < 1.29 is 18.7 Å². The second-order valence-corrected chi connectivity index (χ2v) is 7.09. The number of phenolic OH excluding ortho intramolecular Hbond substituents is 1. The maximum absolute atomic E-state index is 11.8. The zero-order valence-corrected chi connectivity index (χ0v) is 16.1. The molecule has 0 aliphatic heterocycles. The first-order chi connectivity index (χ1) is 13.5. The topological polar surface area (TPSA) is 98.6 Å². The summed E-state index contributed by atoms with van der Waals surface area (Å²) < 4.78 is 16.1. The molecule has 2 aromatic heterocycles. The van der Waals surface area contributed by atoms with Crippen LogP contribution in [0.4, 0.5) is 0 Å². The Morgan fingerprint density at radius 2 is 2.00 bits per heavy atom. The van der Waals surface area contributed by atoms with Crippen LogP contribution in [0, 0.1) is 0 Å². The van der Waals surface area contributed by atoms with E-state index in [2.05, 4.69) is 10.2 Å². The summed E-state index contributed by atoms with van der Waals surface area (Å²) in [5.41, 5.74) is 1.10. The van der Waals surface area contributed by atoms with Crippen molar-refractivity contribution in [3.8, 4) is 23.0 Å². The second kappa shape index (κ2) is 7.57. The summed E-state index contributed by atoms with van der Waals surface area (Å²) in [5.74, 6) is 1.19. The Morgan fingerprint density at radius 3 is 2.82 bits per heavy atom. The van der Waals surface area contributed by atoms with E-state index in [1.165, 1.54) is 23.9 Å². The van der Waals surface area contributed by atoms with Gasteiger partial charge in [-0.05, 0) is 23.8 Å². The Bertz CT molecular complexity index is 1220. The van der Waals surface area contributed by atoms with Crippen LogP contribution in [0.2, 0.25) is 5.02 Å². The first-order valence-corrected chi connectivity index (χ1v) is 9.46. The van der Waals surface area contributed by atoms with E-state index in [-0.39, 0.29) is 16.4 Å². The highest BCUT2D eigenvalue weighted by molar-refractivity contribution is 7.98. The van der Waals surface area contributed by atoms with Gasteiger partial charge in [-0.3, -0.25) is 0 Å². The van der Waals surface area contributed by atoms with Crippen molar-refractivity contribution in [1.29, 1.82) is 0 Å². The molecular weight excluding hydrogens is 404 g/mol. The molecule has 28 heavy (non-hydrogen) atoms. The third kappa shape index (κ3) is 3.56. The highest BCUT2D eigenvalue weighted by atomic mass is 35.5. The number of aromatic hydroxyl groups is 1. The Balaban J connectivity index is 1.61. The number of hydrogen-bond donors (Lipinski definition) is 1. The van der Waals surface area contributed by atoms with Crippen molar-refractivity contribution in [2.75, 3.05) is 7.11 Å². The maximum atomic E-state index is 11.8. The Labute approximate surface area is 167 Å². The fourth-order valence-electron chi connectivity index (χ4n) is 2.69. The molecule has 0 fully saturated rings. The van der Waals surface area contributed by atoms with Gasteiger partial charge >= 0.3 is 5.63 Å². The molecule has 2 heterocycles. The highest BCUT2D eigenvalue weighted by Crippen LogP contribution is 2.34. The fraction of sp³-hybridized carbons (Fsp3) is 0.105. The van der Waals surface area contributed by atoms with Gasteiger partial charge in [0.15, 0.2) is 0 Å². The number of rotatable bonds is 5. The monoisotopic (exact) mass is 416 g/mol. The minimum absolute atomic E-state index is 0.152. The van der Waals surface area contributed by atoms with Gasteiger partial charge in [0.25, 0.3) is 11.1 Å². The molecule has 0 atom stereocenters. The average molecular weight is 417 g/mol. The number of ether oxygens (including phenoxy) is 1. The van der Waals surface area contributed by atoms with Crippen molar-refractivity contribution in [2.45, 2.75) is 11.0 Å². The lowest BCUT2D eigenvalue weighted by molar-refractivity contribution is 0.411. The number of aromatic nitrogens is 2. The van der Waals surface area contributed by atoms with Gasteiger partial charge in [0.2, 0.25) is 0 Å². The van der Waals surface area contributed by atoms with E-state index in [1.807, 2.05) is 18.2 Å². The van der Waals surface area contributed by atoms with E-state index in [9.17, 15) is 9.90 Å². The molecule has 0 aliphatic rings. The first-order valence-electron chi connectivity index (χ1n) is 8.10. The van der Waals surface area contributed by atoms with Crippen LogP contribution in [-0.4, -0.2) is 22.4 Å². The van der Waals surface area contributed by atoms with Crippen molar-refractivity contribution in [3.63, 3.8) is 0 Å². The van der Waals surface area contributed by atoms with Crippen molar-refractivity contribution in [1.82, 2.24) is 10.2 Å². The molecule has 0 radical (unpaired) electrons. The summed E-state index contributed by atoms with van der Waals surface area (Å²) in [5, 5.41) is 19.0. The third-order valence-corrected chi connectivity index (χ3v) is 5.16. The van der Waals surface area contributed by atoms with Gasteiger partial charge in [-0.15, -0.1) is 10.2 Å². The predicted octanol–water partition coefficient (Wildman–Crippen LogP) is 4.50. The summed E-state index contributed by atoms with van der Waals surface area (Å²) in [6.07, 6.45) is 0. The summed E-state index contributed by atoms with van der Waals surface area (Å²) in [4.78, 5) is 11.8. The zero-order valence-electron chi connectivity index (χ0n) is 14.5. The number of nitrogens with zero attached hydrogens (tertiary/aromatic N) is 2. The van der Waals surface area contributed by atoms with Crippen molar-refractivity contribution in [3.05, 3.63) is 63.5 Å². The van der Waals surface area contributed by atoms with Crippen LogP contribution in [0.15, 0.2) is 61.3 Å². The van der Waals surface area contributed by atoms with Crippen LogP contribution in [-0.2, 0) is 5.75 Å². The average Bonchev–Trinajstić information content (AvgIpc) is 3.16. The van der Waals surface area contributed by atoms with Gasteiger partial charge < -0.3 is 18.7 Å². The molecule has 0 spiro atoms. The van der Waals surface area contributed by atoms with E-state index in [0.29, 0.717) is 39.1 Å². The first kappa shape index (κ1) is 18.4. The normalized spacial score (nSPS) is 11.1. The molecular formula is C19H13ClN2O5S. The molecule has 0 amide bonds. The summed E-state index contributed by atoms with van der Waals surface area (Å²) >= 11 is 7.26. The largest absolute Gasteiger partial charge is 0.506 e. The number of fused-ring (bicyclic) bond motifs is 1. The van der Waals surface area contributed by atoms with E-state index in [1.54, 1.807) is 19.2 Å². The standard InChI is InChI=1S/C19H13ClN2O5S/c1-25-15-5-3-2-4-11(15)18-21-22-19(27-18)28-9-10-6-17(24)26-16-8-14(23)13(20)7-12(10)16/h2-8,23H,9H2,1H3. The SMILES string of the molecule is COc1ccccc1-c1nnc(SCc2cc(=O)oc3cc(O)c(Cl)cc23)o1. The maximum Gasteiger partial charge on any atom is 0.336 e. The number of benzene rings is 2. The van der Waals surface area contributed by atoms with E-state index in [4.69, 9.17) is 25.2 Å². The fourth-order valence-corrected chi connectivity index (χ4v) is 3.61. The molecule has 142 valence electrons. The number of methoxy groups -OCH3 is 1. The van der Waals surface area contributed by atoms with Gasteiger partial charge in [0.05, 0.1) is 17.7 Å². The van der Waals surface area contributed by atoms with Crippen LogP contribution < -0.4 is 10.4 Å². The van der Waals surface area contributed by atoms with Gasteiger partial charge in [0.1, 0.15) is 17.1 Å². The summed E-state index contributed by atoms with van der Waals surface area (Å²) in [7, 11) is 1.57. The van der Waals surface area contributed by atoms with Crippen molar-refractivity contribution >= 4 is 34.3 Å². The lowest BCUT2D eigenvalue weighted by atomic mass is 10.1. The Kier molecular flexibility index (Phi) is 4.97. The molecule has 4 rings (SSSR count). The quantitative estimate of drug-likeness (QED) is 0.375. The minimum Gasteiger partial charge on any atom is -0.506 e. The molecule has 2 aromatic carbocycles. The smallest absolute Gasteiger partial charge is 0.336 e. The molecule has 0 aliphatic carbocycles. The van der Waals surface area contributed by atoms with Crippen LogP contribution in [0.25, 0.3) is 22.4 Å². The molecule has 7 nitrogen and oxygen atoms in total. The number of halogens is 1. The Hall–Kier alpha value is -2.97. The molecule has 0 bridgehead atoms. The molecule has 1 N–H and O–H groups in total. The third-order valence-electron chi connectivity index (χ3n) is 3.99. The predicted molar refractivity (Wildman–Crippen MR) is 105 cm³/mol. The van der Waals surface area contributed by atoms with Crippen molar-refractivity contribution in [2.24, 2.45) is 0 Å². The summed E-state index contributed by atoms with van der Waals surface area (Å²) in [6.45, 7) is 0. The number of phenols is 1. The highest BCUT2D eigenvalue weighted by Gasteiger charge is 2.15. The lowest BCUT2D eigenvalue weighted by Gasteiger charge is -2.05. The second-order valence-electron chi connectivity index (χ2n) is 5.75. The van der Waals surface area contributed by atoms with Gasteiger partial charge in [-0.2, -0.15) is 0 Å². The Morgan fingerprint density at radius 1 is 1.18 bits per heavy atom. The van der Waals surface area contributed by atoms with Crippen LogP contribution in [0.5, 0.6) is 11.5 Å². The van der Waals surface area contributed by atoms with Crippen LogP contribution in [0.1, 0.15) is 5.56 Å². The van der Waals surface area contributed by atoms with Crippen LogP contribution in [0.3, 0.4) is 0 Å².